The van der Waals surface area contributed by atoms with Crippen LogP contribution in [0.1, 0.15) is 19.0 Å². The Hall–Kier alpha value is -1.32. The highest BCUT2D eigenvalue weighted by Crippen LogP contribution is 1.91. The van der Waals surface area contributed by atoms with Crippen molar-refractivity contribution in [2.75, 3.05) is 6.61 Å². The first kappa shape index (κ1) is 8.77. The van der Waals surface area contributed by atoms with E-state index in [0.717, 1.165) is 12.1 Å². The van der Waals surface area contributed by atoms with Crippen LogP contribution in [0.5, 0.6) is 0 Å². The number of aromatic nitrogens is 2. The molecule has 0 fully saturated rings. The monoisotopic (exact) mass is 167 g/mol. The predicted octanol–water partition coefficient (Wildman–Crippen LogP) is 1.18. The average molecular weight is 167 g/mol. The third-order valence-electron chi connectivity index (χ3n) is 1.41. The summed E-state index contributed by atoms with van der Waals surface area (Å²) in [5.41, 5.74) is 0.936. The molecule has 4 nitrogen and oxygen atoms in total. The summed E-state index contributed by atoms with van der Waals surface area (Å²) < 4.78 is 1.87. The lowest BCUT2D eigenvalue weighted by Gasteiger charge is -1.94. The van der Waals surface area contributed by atoms with Crippen LogP contribution in [0.15, 0.2) is 17.7 Å². The Balaban J connectivity index is 2.41. The van der Waals surface area contributed by atoms with Crippen LogP contribution in [0.2, 0.25) is 0 Å². The van der Waals surface area contributed by atoms with Gasteiger partial charge in [0.2, 0.25) is 0 Å². The van der Waals surface area contributed by atoms with Gasteiger partial charge in [-0.2, -0.15) is 0 Å². The van der Waals surface area contributed by atoms with Crippen molar-refractivity contribution in [2.24, 2.45) is 12.2 Å². The van der Waals surface area contributed by atoms with Crippen molar-refractivity contribution >= 4 is 6.21 Å². The molecule has 66 valence electrons. The molecule has 0 aliphatic heterocycles. The quantitative estimate of drug-likeness (QED) is 0.384. The summed E-state index contributed by atoms with van der Waals surface area (Å²) in [7, 11) is 1.91. The van der Waals surface area contributed by atoms with Crippen LogP contribution in [0, 0.1) is 0 Å². The number of imidazole rings is 1. The highest BCUT2D eigenvalue weighted by molar-refractivity contribution is 5.76. The standard InChI is InChI=1S/C8H13N3O/c1-3-4-12-10-6-8-5-9-7-11(8)2/h5-7H,3-4H2,1-2H3/b10-6-. The van der Waals surface area contributed by atoms with Gasteiger partial charge in [0.25, 0.3) is 0 Å². The van der Waals surface area contributed by atoms with Crippen molar-refractivity contribution < 1.29 is 4.84 Å². The molecule has 0 spiro atoms. The molecule has 0 saturated heterocycles. The largest absolute Gasteiger partial charge is 0.396 e. The summed E-state index contributed by atoms with van der Waals surface area (Å²) in [6.07, 6.45) is 6.09. The van der Waals surface area contributed by atoms with Crippen LogP contribution >= 0.6 is 0 Å². The van der Waals surface area contributed by atoms with E-state index in [2.05, 4.69) is 10.1 Å². The van der Waals surface area contributed by atoms with E-state index in [0.29, 0.717) is 6.61 Å². The molecule has 1 rings (SSSR count). The second kappa shape index (κ2) is 4.54. The van der Waals surface area contributed by atoms with Gasteiger partial charge in [-0.25, -0.2) is 4.98 Å². The minimum Gasteiger partial charge on any atom is -0.396 e. The topological polar surface area (TPSA) is 39.4 Å². The molecule has 0 amide bonds. The molecule has 0 aliphatic carbocycles. The molecule has 1 aromatic rings. The number of hydrogen-bond donors (Lipinski definition) is 0. The first-order valence-corrected chi connectivity index (χ1v) is 3.96. The molecule has 0 atom stereocenters. The minimum absolute atomic E-state index is 0.661. The van der Waals surface area contributed by atoms with E-state index in [1.54, 1.807) is 18.7 Å². The van der Waals surface area contributed by atoms with Crippen molar-refractivity contribution in [1.29, 1.82) is 0 Å². The van der Waals surface area contributed by atoms with Gasteiger partial charge < -0.3 is 9.40 Å². The summed E-state index contributed by atoms with van der Waals surface area (Å²) in [6, 6.07) is 0. The fourth-order valence-corrected chi connectivity index (χ4v) is 0.727. The molecule has 1 aromatic heterocycles. The first-order chi connectivity index (χ1) is 5.84. The Kier molecular flexibility index (Phi) is 3.32. The number of aryl methyl sites for hydroxylation is 1. The third kappa shape index (κ3) is 2.38. The number of oxime groups is 1. The van der Waals surface area contributed by atoms with Crippen molar-refractivity contribution in [2.45, 2.75) is 13.3 Å². The maximum Gasteiger partial charge on any atom is 0.116 e. The zero-order valence-corrected chi connectivity index (χ0v) is 7.40. The zero-order valence-electron chi connectivity index (χ0n) is 7.40. The smallest absolute Gasteiger partial charge is 0.116 e. The number of nitrogens with zero attached hydrogens (tertiary/aromatic N) is 3. The lowest BCUT2D eigenvalue weighted by molar-refractivity contribution is 0.146. The molecule has 4 heteroatoms. The molecule has 0 saturated carbocycles. The molecule has 0 aliphatic rings. The molecular formula is C8H13N3O. The fraction of sp³-hybridized carbons (Fsp3) is 0.500. The van der Waals surface area contributed by atoms with Gasteiger partial charge in [-0.15, -0.1) is 0 Å². The fourth-order valence-electron chi connectivity index (χ4n) is 0.727. The maximum absolute atomic E-state index is 4.94. The Morgan fingerprint density at radius 1 is 1.75 bits per heavy atom. The summed E-state index contributed by atoms with van der Waals surface area (Å²) in [6.45, 7) is 2.70. The van der Waals surface area contributed by atoms with Gasteiger partial charge >= 0.3 is 0 Å². The van der Waals surface area contributed by atoms with Gasteiger partial charge in [-0.1, -0.05) is 12.1 Å². The molecule has 12 heavy (non-hydrogen) atoms. The summed E-state index contributed by atoms with van der Waals surface area (Å²) in [5.74, 6) is 0. The molecule has 0 N–H and O–H groups in total. The van der Waals surface area contributed by atoms with Gasteiger partial charge in [-0.3, -0.25) is 0 Å². The van der Waals surface area contributed by atoms with E-state index in [4.69, 9.17) is 4.84 Å². The van der Waals surface area contributed by atoms with E-state index < -0.39 is 0 Å². The minimum atomic E-state index is 0.661. The van der Waals surface area contributed by atoms with E-state index in [9.17, 15) is 0 Å². The van der Waals surface area contributed by atoms with Crippen LogP contribution in [-0.2, 0) is 11.9 Å². The van der Waals surface area contributed by atoms with E-state index >= 15 is 0 Å². The van der Waals surface area contributed by atoms with Crippen molar-refractivity contribution in [3.8, 4) is 0 Å². The van der Waals surface area contributed by atoms with E-state index in [1.165, 1.54) is 0 Å². The number of hydrogen-bond acceptors (Lipinski definition) is 3. The summed E-state index contributed by atoms with van der Waals surface area (Å²) >= 11 is 0. The molecule has 0 aromatic carbocycles. The summed E-state index contributed by atoms with van der Waals surface area (Å²) in [5, 5.41) is 3.78. The Morgan fingerprint density at radius 3 is 3.17 bits per heavy atom. The second-order valence-electron chi connectivity index (χ2n) is 2.50. The molecule has 0 radical (unpaired) electrons. The normalized spacial score (nSPS) is 10.8. The first-order valence-electron chi connectivity index (χ1n) is 3.96. The predicted molar refractivity (Wildman–Crippen MR) is 47.0 cm³/mol. The second-order valence-corrected chi connectivity index (χ2v) is 2.50. The summed E-state index contributed by atoms with van der Waals surface area (Å²) in [4.78, 5) is 8.88. The van der Waals surface area contributed by atoms with Crippen LogP contribution < -0.4 is 0 Å². The highest BCUT2D eigenvalue weighted by Gasteiger charge is 1.91. The molecular weight excluding hydrogens is 154 g/mol. The van der Waals surface area contributed by atoms with E-state index in [1.807, 2.05) is 18.5 Å². The van der Waals surface area contributed by atoms with Crippen molar-refractivity contribution in [3.63, 3.8) is 0 Å². The van der Waals surface area contributed by atoms with Gasteiger partial charge in [0.1, 0.15) is 6.61 Å². The van der Waals surface area contributed by atoms with Crippen LogP contribution in [0.25, 0.3) is 0 Å². The van der Waals surface area contributed by atoms with Crippen molar-refractivity contribution in [1.82, 2.24) is 9.55 Å². The highest BCUT2D eigenvalue weighted by atomic mass is 16.6. The third-order valence-corrected chi connectivity index (χ3v) is 1.41. The number of rotatable bonds is 4. The Labute approximate surface area is 71.9 Å². The Bertz CT molecular complexity index is 255. The van der Waals surface area contributed by atoms with Crippen LogP contribution in [0.4, 0.5) is 0 Å². The molecule has 1 heterocycles. The maximum atomic E-state index is 4.94. The lowest BCUT2D eigenvalue weighted by atomic mass is 10.5. The van der Waals surface area contributed by atoms with Crippen LogP contribution in [0.3, 0.4) is 0 Å². The Morgan fingerprint density at radius 2 is 2.58 bits per heavy atom. The van der Waals surface area contributed by atoms with Gasteiger partial charge in [0, 0.05) is 7.05 Å². The van der Waals surface area contributed by atoms with Crippen LogP contribution in [-0.4, -0.2) is 22.4 Å². The molecule has 0 bridgehead atoms. The SMILES string of the molecule is CCCO/N=C\c1cncn1C. The van der Waals surface area contributed by atoms with Crippen molar-refractivity contribution in [3.05, 3.63) is 18.2 Å². The van der Waals surface area contributed by atoms with Gasteiger partial charge in [0.15, 0.2) is 0 Å². The van der Waals surface area contributed by atoms with Gasteiger partial charge in [-0.05, 0) is 6.42 Å². The average Bonchev–Trinajstić information content (AvgIpc) is 2.46. The zero-order chi connectivity index (χ0) is 8.81. The van der Waals surface area contributed by atoms with Gasteiger partial charge in [0.05, 0.1) is 24.4 Å². The molecule has 0 unspecified atom stereocenters. The van der Waals surface area contributed by atoms with E-state index in [-0.39, 0.29) is 0 Å². The lowest BCUT2D eigenvalue weighted by Crippen LogP contribution is -1.93.